The van der Waals surface area contributed by atoms with Gasteiger partial charge in [-0.25, -0.2) is 4.79 Å². The maximum absolute atomic E-state index is 13.5. The Morgan fingerprint density at radius 3 is 2.52 bits per heavy atom. The molecule has 1 aromatic rings. The normalized spacial score (nSPS) is 15.5. The summed E-state index contributed by atoms with van der Waals surface area (Å²) < 4.78 is 5.26. The van der Waals surface area contributed by atoms with E-state index >= 15 is 0 Å². The first-order chi connectivity index (χ1) is 15.6. The fourth-order valence-corrected chi connectivity index (χ4v) is 3.90. The monoisotopic (exact) mass is 457 g/mol. The molecule has 1 aliphatic carbocycles. The smallest absolute Gasteiger partial charge is 0.408 e. The highest BCUT2D eigenvalue weighted by molar-refractivity contribution is 5.91. The second-order valence-corrected chi connectivity index (χ2v) is 9.72. The lowest BCUT2D eigenvalue weighted by molar-refractivity contribution is -0.145. The molecule has 7 nitrogen and oxygen atoms in total. The molecule has 0 bridgehead atoms. The van der Waals surface area contributed by atoms with Crippen molar-refractivity contribution in [1.29, 1.82) is 0 Å². The van der Waals surface area contributed by atoms with E-state index in [1.165, 1.54) is 0 Å². The van der Waals surface area contributed by atoms with Crippen LogP contribution in [0.15, 0.2) is 30.8 Å². The molecule has 0 spiro atoms. The van der Waals surface area contributed by atoms with E-state index < -0.39 is 17.7 Å². The summed E-state index contributed by atoms with van der Waals surface area (Å²) in [6.45, 7) is 12.9. The first-order valence-electron chi connectivity index (χ1n) is 11.9. The van der Waals surface area contributed by atoms with Crippen LogP contribution in [0.25, 0.3) is 6.08 Å². The van der Waals surface area contributed by atoms with Gasteiger partial charge in [-0.3, -0.25) is 9.59 Å². The molecule has 7 heteroatoms. The molecule has 0 heterocycles. The molecule has 0 aliphatic heterocycles. The molecule has 0 saturated heterocycles. The fraction of sp³-hybridized carbons (Fsp3) is 0.577. The molecule has 2 atom stereocenters. The van der Waals surface area contributed by atoms with Crippen LogP contribution in [0.3, 0.4) is 0 Å². The standard InChI is InChI=1S/C26H39N3O4/c1-7-11-18(3)28-24(31)23(20-13-9-12-19(8-2)16-20)29(21-14-10-15-21)22(30)17-27-25(32)33-26(4,5)6/h8-9,12-13,16,18,21,23H,2,7,10-11,14-15,17H2,1,3-6H3,(H,27,32)(H,28,31). The minimum Gasteiger partial charge on any atom is -0.444 e. The molecule has 1 aromatic carbocycles. The van der Waals surface area contributed by atoms with Crippen molar-refractivity contribution in [1.82, 2.24) is 15.5 Å². The molecule has 2 unspecified atom stereocenters. The van der Waals surface area contributed by atoms with E-state index in [4.69, 9.17) is 4.74 Å². The number of hydrogen-bond donors (Lipinski definition) is 2. The Hall–Kier alpha value is -2.83. The van der Waals surface area contributed by atoms with Crippen molar-refractivity contribution in [2.75, 3.05) is 6.54 Å². The van der Waals surface area contributed by atoms with Crippen molar-refractivity contribution in [2.45, 2.75) is 90.4 Å². The summed E-state index contributed by atoms with van der Waals surface area (Å²) in [5, 5.41) is 5.63. The summed E-state index contributed by atoms with van der Waals surface area (Å²) in [6, 6.07) is 6.68. The molecule has 33 heavy (non-hydrogen) atoms. The highest BCUT2D eigenvalue weighted by Crippen LogP contribution is 2.33. The minimum absolute atomic E-state index is 0.00850. The molecular formula is C26H39N3O4. The van der Waals surface area contributed by atoms with Crippen LogP contribution in [0.2, 0.25) is 0 Å². The van der Waals surface area contributed by atoms with Gasteiger partial charge in [0.2, 0.25) is 11.8 Å². The lowest BCUT2D eigenvalue weighted by Crippen LogP contribution is -2.54. The first kappa shape index (κ1) is 26.4. The Bertz CT molecular complexity index is 842. The lowest BCUT2D eigenvalue weighted by Gasteiger charge is -2.42. The summed E-state index contributed by atoms with van der Waals surface area (Å²) in [5.74, 6) is -0.521. The summed E-state index contributed by atoms with van der Waals surface area (Å²) in [4.78, 5) is 40.7. The van der Waals surface area contributed by atoms with Crippen molar-refractivity contribution >= 4 is 24.0 Å². The first-order valence-corrected chi connectivity index (χ1v) is 11.9. The molecule has 1 aliphatic rings. The Balaban J connectivity index is 2.33. The predicted octanol–water partition coefficient (Wildman–Crippen LogP) is 4.58. The van der Waals surface area contributed by atoms with Gasteiger partial charge in [0.15, 0.2) is 0 Å². The molecule has 0 radical (unpaired) electrons. The largest absolute Gasteiger partial charge is 0.444 e. The topological polar surface area (TPSA) is 87.7 Å². The van der Waals surface area contributed by atoms with Gasteiger partial charge >= 0.3 is 6.09 Å². The van der Waals surface area contributed by atoms with Crippen molar-refractivity contribution in [3.63, 3.8) is 0 Å². The molecule has 1 saturated carbocycles. The highest BCUT2D eigenvalue weighted by Gasteiger charge is 2.39. The maximum Gasteiger partial charge on any atom is 0.408 e. The van der Waals surface area contributed by atoms with Crippen molar-refractivity contribution in [2.24, 2.45) is 0 Å². The Morgan fingerprint density at radius 1 is 1.27 bits per heavy atom. The van der Waals surface area contributed by atoms with Gasteiger partial charge in [0, 0.05) is 12.1 Å². The SMILES string of the molecule is C=Cc1cccc(C(C(=O)NC(C)CCC)N(C(=O)CNC(=O)OC(C)(C)C)C2CCC2)c1. The fourth-order valence-electron chi connectivity index (χ4n) is 3.90. The second kappa shape index (κ2) is 11.9. The number of benzene rings is 1. The van der Waals surface area contributed by atoms with E-state index in [-0.39, 0.29) is 30.4 Å². The lowest BCUT2D eigenvalue weighted by atomic mass is 9.88. The number of alkyl carbamates (subject to hydrolysis) is 1. The van der Waals surface area contributed by atoms with Crippen LogP contribution in [0, 0.1) is 0 Å². The van der Waals surface area contributed by atoms with Gasteiger partial charge in [-0.1, -0.05) is 44.2 Å². The van der Waals surface area contributed by atoms with E-state index in [0.717, 1.165) is 43.2 Å². The van der Waals surface area contributed by atoms with Crippen LogP contribution >= 0.6 is 0 Å². The average molecular weight is 458 g/mol. The summed E-state index contributed by atoms with van der Waals surface area (Å²) in [7, 11) is 0. The maximum atomic E-state index is 13.5. The summed E-state index contributed by atoms with van der Waals surface area (Å²) >= 11 is 0. The van der Waals surface area contributed by atoms with Crippen LogP contribution in [0.4, 0.5) is 4.79 Å². The third-order valence-corrected chi connectivity index (χ3v) is 5.64. The van der Waals surface area contributed by atoms with E-state index in [0.29, 0.717) is 0 Å². The van der Waals surface area contributed by atoms with Gasteiger partial charge in [-0.2, -0.15) is 0 Å². The van der Waals surface area contributed by atoms with E-state index in [1.54, 1.807) is 31.7 Å². The summed E-state index contributed by atoms with van der Waals surface area (Å²) in [5.41, 5.74) is 0.940. The van der Waals surface area contributed by atoms with Crippen LogP contribution in [-0.2, 0) is 14.3 Å². The third kappa shape index (κ3) is 7.91. The number of hydrogen-bond acceptors (Lipinski definition) is 4. The van der Waals surface area contributed by atoms with Gasteiger partial charge in [0.05, 0.1) is 0 Å². The molecule has 182 valence electrons. The molecule has 3 amide bonds. The number of nitrogens with one attached hydrogen (secondary N) is 2. The van der Waals surface area contributed by atoms with E-state index in [9.17, 15) is 14.4 Å². The Morgan fingerprint density at radius 2 is 1.97 bits per heavy atom. The Labute approximate surface area is 197 Å². The van der Waals surface area contributed by atoms with Gasteiger partial charge in [0.25, 0.3) is 0 Å². The number of nitrogens with zero attached hydrogens (tertiary/aromatic N) is 1. The van der Waals surface area contributed by atoms with Crippen molar-refractivity contribution in [3.8, 4) is 0 Å². The molecular weight excluding hydrogens is 418 g/mol. The van der Waals surface area contributed by atoms with Crippen LogP contribution in [0.1, 0.15) is 83.9 Å². The van der Waals surface area contributed by atoms with E-state index in [1.807, 2.05) is 31.2 Å². The van der Waals surface area contributed by atoms with Gasteiger partial charge in [0.1, 0.15) is 18.2 Å². The minimum atomic E-state index is -0.789. The summed E-state index contributed by atoms with van der Waals surface area (Å²) in [6.07, 6.45) is 5.52. The number of amides is 3. The van der Waals surface area contributed by atoms with Crippen LogP contribution in [0.5, 0.6) is 0 Å². The van der Waals surface area contributed by atoms with Gasteiger partial charge < -0.3 is 20.3 Å². The molecule has 2 N–H and O–H groups in total. The number of carbonyl (C=O) groups excluding carboxylic acids is 3. The number of carbonyl (C=O) groups is 3. The van der Waals surface area contributed by atoms with Crippen LogP contribution < -0.4 is 10.6 Å². The van der Waals surface area contributed by atoms with Crippen LogP contribution in [-0.4, -0.2) is 47.0 Å². The number of rotatable bonds is 10. The second-order valence-electron chi connectivity index (χ2n) is 9.72. The zero-order chi connectivity index (χ0) is 24.6. The van der Waals surface area contributed by atoms with Gasteiger partial charge in [-0.15, -0.1) is 0 Å². The zero-order valence-electron chi connectivity index (χ0n) is 20.6. The highest BCUT2D eigenvalue weighted by atomic mass is 16.6. The molecule has 1 fully saturated rings. The third-order valence-electron chi connectivity index (χ3n) is 5.64. The van der Waals surface area contributed by atoms with Crippen molar-refractivity contribution < 1.29 is 19.1 Å². The number of ether oxygens (including phenoxy) is 1. The molecule has 0 aromatic heterocycles. The average Bonchev–Trinajstić information content (AvgIpc) is 2.69. The van der Waals surface area contributed by atoms with Gasteiger partial charge in [-0.05, 0) is 70.6 Å². The zero-order valence-corrected chi connectivity index (χ0v) is 20.6. The van der Waals surface area contributed by atoms with E-state index in [2.05, 4.69) is 24.1 Å². The predicted molar refractivity (Wildman–Crippen MR) is 131 cm³/mol. The Kier molecular flexibility index (Phi) is 9.50. The van der Waals surface area contributed by atoms with Crippen molar-refractivity contribution in [3.05, 3.63) is 42.0 Å². The quantitative estimate of drug-likeness (QED) is 0.538. The molecule has 2 rings (SSSR count).